The highest BCUT2D eigenvalue weighted by molar-refractivity contribution is 6.31. The highest BCUT2D eigenvalue weighted by Gasteiger charge is 2.40. The monoisotopic (exact) mass is 485 g/mol. The van der Waals surface area contributed by atoms with Gasteiger partial charge in [-0.15, -0.1) is 0 Å². The molecular formula is C25H29ClFN5O2. The number of aryl methyl sites for hydroxylation is 1. The molecule has 34 heavy (non-hydrogen) atoms. The molecule has 2 aliphatic rings. The summed E-state index contributed by atoms with van der Waals surface area (Å²) in [6, 6.07) is 9.72. The summed E-state index contributed by atoms with van der Waals surface area (Å²) in [6.07, 6.45) is 3.22. The molecule has 9 heteroatoms. The SMILES string of the molecule is Cc1cc(/C=C/C(=O)N2CC3CN(C)CC(C2)N3Cc2ccc(F)cc2)c(NC(N)=O)cc1Cl. The number of carbonyl (C=O) groups excluding carboxylic acids is 2. The number of rotatable bonds is 5. The molecule has 2 saturated heterocycles. The molecule has 0 radical (unpaired) electrons. The summed E-state index contributed by atoms with van der Waals surface area (Å²) in [5, 5.41) is 3.06. The first-order valence-corrected chi connectivity index (χ1v) is 11.6. The van der Waals surface area contributed by atoms with Crippen LogP contribution in [-0.4, -0.2) is 71.9 Å². The molecule has 2 aromatic rings. The summed E-state index contributed by atoms with van der Waals surface area (Å²) in [5.74, 6) is -0.324. The van der Waals surface area contributed by atoms with Crippen LogP contribution in [0.15, 0.2) is 42.5 Å². The number of halogens is 2. The molecule has 0 aliphatic carbocycles. The van der Waals surface area contributed by atoms with Crippen LogP contribution in [0.1, 0.15) is 16.7 Å². The van der Waals surface area contributed by atoms with Crippen molar-refractivity contribution in [2.24, 2.45) is 5.73 Å². The molecule has 2 fully saturated rings. The van der Waals surface area contributed by atoms with Gasteiger partial charge in [0.25, 0.3) is 0 Å². The Kier molecular flexibility index (Phi) is 7.21. The Bertz CT molecular complexity index is 1090. The van der Waals surface area contributed by atoms with Crippen molar-refractivity contribution < 1.29 is 14.0 Å². The molecule has 2 unspecified atom stereocenters. The number of fused-ring (bicyclic) bond motifs is 2. The van der Waals surface area contributed by atoms with E-state index in [0.717, 1.165) is 30.8 Å². The third-order valence-corrected chi connectivity index (χ3v) is 6.84. The second kappa shape index (κ2) is 10.1. The van der Waals surface area contributed by atoms with Gasteiger partial charge in [0.05, 0.1) is 5.69 Å². The van der Waals surface area contributed by atoms with Gasteiger partial charge >= 0.3 is 6.03 Å². The average Bonchev–Trinajstić information content (AvgIpc) is 2.76. The predicted octanol–water partition coefficient (Wildman–Crippen LogP) is 3.32. The van der Waals surface area contributed by atoms with Gasteiger partial charge in [0.2, 0.25) is 5.91 Å². The number of nitrogens with one attached hydrogen (secondary N) is 1. The predicted molar refractivity (Wildman–Crippen MR) is 132 cm³/mol. The molecule has 3 amide bonds. The fourth-order valence-corrected chi connectivity index (χ4v) is 4.96. The van der Waals surface area contributed by atoms with Crippen LogP contribution in [0.3, 0.4) is 0 Å². The summed E-state index contributed by atoms with van der Waals surface area (Å²) in [6.45, 7) is 5.51. The fourth-order valence-electron chi connectivity index (χ4n) is 4.80. The fraction of sp³-hybridized carbons (Fsp3) is 0.360. The zero-order valence-corrected chi connectivity index (χ0v) is 20.1. The van der Waals surface area contributed by atoms with E-state index in [1.165, 1.54) is 18.2 Å². The number of primary amides is 1. The lowest BCUT2D eigenvalue weighted by molar-refractivity contribution is -0.134. The zero-order valence-electron chi connectivity index (χ0n) is 19.3. The van der Waals surface area contributed by atoms with Gasteiger partial charge in [-0.1, -0.05) is 23.7 Å². The Morgan fingerprint density at radius 3 is 2.41 bits per heavy atom. The van der Waals surface area contributed by atoms with Crippen LogP contribution < -0.4 is 11.1 Å². The number of carbonyl (C=O) groups is 2. The van der Waals surface area contributed by atoms with Crippen molar-refractivity contribution in [1.29, 1.82) is 0 Å². The number of likely N-dealkylation sites (N-methyl/N-ethyl adjacent to an activating group) is 1. The van der Waals surface area contributed by atoms with Crippen LogP contribution >= 0.6 is 11.6 Å². The molecule has 3 N–H and O–H groups in total. The second-order valence-corrected chi connectivity index (χ2v) is 9.49. The Morgan fingerprint density at radius 2 is 1.79 bits per heavy atom. The Morgan fingerprint density at radius 1 is 1.15 bits per heavy atom. The smallest absolute Gasteiger partial charge is 0.316 e. The third-order valence-electron chi connectivity index (χ3n) is 6.43. The molecule has 2 aromatic carbocycles. The molecule has 0 spiro atoms. The van der Waals surface area contributed by atoms with Crippen LogP contribution in [0, 0.1) is 12.7 Å². The van der Waals surface area contributed by atoms with E-state index in [2.05, 4.69) is 22.2 Å². The van der Waals surface area contributed by atoms with Crippen LogP contribution in [0.2, 0.25) is 5.02 Å². The minimum atomic E-state index is -0.699. The van der Waals surface area contributed by atoms with E-state index in [4.69, 9.17) is 17.3 Å². The van der Waals surface area contributed by atoms with Crippen molar-refractivity contribution in [2.75, 3.05) is 38.5 Å². The Hall–Kier alpha value is -2.94. The number of amides is 3. The van der Waals surface area contributed by atoms with Crippen molar-refractivity contribution in [3.8, 4) is 0 Å². The maximum Gasteiger partial charge on any atom is 0.316 e. The number of nitrogens with two attached hydrogens (primary N) is 1. The lowest BCUT2D eigenvalue weighted by Gasteiger charge is -2.52. The van der Waals surface area contributed by atoms with E-state index in [0.29, 0.717) is 29.4 Å². The normalized spacial score (nSPS) is 21.1. The van der Waals surface area contributed by atoms with Gasteiger partial charge in [0, 0.05) is 55.9 Å². The average molecular weight is 486 g/mol. The summed E-state index contributed by atoms with van der Waals surface area (Å²) in [4.78, 5) is 31.1. The largest absolute Gasteiger partial charge is 0.351 e. The van der Waals surface area contributed by atoms with Gasteiger partial charge in [0.1, 0.15) is 5.82 Å². The molecule has 0 saturated carbocycles. The van der Waals surface area contributed by atoms with E-state index < -0.39 is 6.03 Å². The molecule has 2 atom stereocenters. The van der Waals surface area contributed by atoms with Crippen molar-refractivity contribution in [1.82, 2.24) is 14.7 Å². The van der Waals surface area contributed by atoms with E-state index in [1.807, 2.05) is 30.0 Å². The Labute approximate surface area is 203 Å². The molecule has 2 aliphatic heterocycles. The number of piperazine rings is 2. The molecule has 7 nitrogen and oxygen atoms in total. The van der Waals surface area contributed by atoms with Crippen molar-refractivity contribution in [3.05, 3.63) is 70.0 Å². The van der Waals surface area contributed by atoms with Crippen LogP contribution in [0.4, 0.5) is 14.9 Å². The van der Waals surface area contributed by atoms with Crippen LogP contribution in [0.5, 0.6) is 0 Å². The van der Waals surface area contributed by atoms with E-state index in [9.17, 15) is 14.0 Å². The maximum absolute atomic E-state index is 13.3. The standard InChI is InChI=1S/C25H29ClFN5O2/c1-16-9-18(23(10-22(16)26)29-25(28)34)5-8-24(33)31-14-20-12-30(2)13-21(15-31)32(20)11-17-3-6-19(27)7-4-17/h3-10,20-21H,11-15H2,1-2H3,(H3,28,29,34)/b8-5+. The van der Waals surface area contributed by atoms with Crippen molar-refractivity contribution in [3.63, 3.8) is 0 Å². The van der Waals surface area contributed by atoms with E-state index >= 15 is 0 Å². The molecule has 2 heterocycles. The molecular weight excluding hydrogens is 457 g/mol. The number of benzene rings is 2. The molecule has 0 aromatic heterocycles. The lowest BCUT2D eigenvalue weighted by Crippen LogP contribution is -2.68. The van der Waals surface area contributed by atoms with Crippen molar-refractivity contribution >= 4 is 35.3 Å². The van der Waals surface area contributed by atoms with Crippen LogP contribution in [0.25, 0.3) is 6.08 Å². The minimum absolute atomic E-state index is 0.0846. The van der Waals surface area contributed by atoms with Gasteiger partial charge in [-0.25, -0.2) is 9.18 Å². The van der Waals surface area contributed by atoms with E-state index in [1.54, 1.807) is 12.1 Å². The van der Waals surface area contributed by atoms with Gasteiger partial charge in [-0.2, -0.15) is 0 Å². The number of hydrogen-bond acceptors (Lipinski definition) is 4. The zero-order chi connectivity index (χ0) is 24.4. The third kappa shape index (κ3) is 5.58. The van der Waals surface area contributed by atoms with Gasteiger partial charge < -0.3 is 20.9 Å². The summed E-state index contributed by atoms with van der Waals surface area (Å²) in [7, 11) is 2.10. The first-order valence-electron chi connectivity index (χ1n) is 11.2. The first kappa shape index (κ1) is 24.2. The maximum atomic E-state index is 13.3. The second-order valence-electron chi connectivity index (χ2n) is 9.08. The van der Waals surface area contributed by atoms with Gasteiger partial charge in [-0.3, -0.25) is 9.69 Å². The van der Waals surface area contributed by atoms with Gasteiger partial charge in [0.15, 0.2) is 0 Å². The number of urea groups is 1. The van der Waals surface area contributed by atoms with Crippen LogP contribution in [-0.2, 0) is 11.3 Å². The first-order chi connectivity index (χ1) is 16.2. The highest BCUT2D eigenvalue weighted by atomic mass is 35.5. The number of hydrogen-bond donors (Lipinski definition) is 2. The molecule has 2 bridgehead atoms. The summed E-state index contributed by atoms with van der Waals surface area (Å²) in [5.41, 5.74) is 8.28. The van der Waals surface area contributed by atoms with Crippen molar-refractivity contribution in [2.45, 2.75) is 25.6 Å². The number of nitrogens with zero attached hydrogens (tertiary/aromatic N) is 3. The summed E-state index contributed by atoms with van der Waals surface area (Å²) < 4.78 is 13.3. The highest BCUT2D eigenvalue weighted by Crippen LogP contribution is 2.27. The number of anilines is 1. The quantitative estimate of drug-likeness (QED) is 0.636. The summed E-state index contributed by atoms with van der Waals surface area (Å²) >= 11 is 6.18. The minimum Gasteiger partial charge on any atom is -0.351 e. The van der Waals surface area contributed by atoms with Gasteiger partial charge in [-0.05, 0) is 61.0 Å². The van der Waals surface area contributed by atoms with E-state index in [-0.39, 0.29) is 23.8 Å². The molecule has 180 valence electrons. The Balaban J connectivity index is 1.48. The lowest BCUT2D eigenvalue weighted by atomic mass is 9.99. The molecule has 4 rings (SSSR count). The topological polar surface area (TPSA) is 81.9 Å².